The van der Waals surface area contributed by atoms with Crippen LogP contribution in [0.3, 0.4) is 0 Å². The predicted octanol–water partition coefficient (Wildman–Crippen LogP) is 0.797. The van der Waals surface area contributed by atoms with E-state index in [1.807, 2.05) is 4.90 Å². The summed E-state index contributed by atoms with van der Waals surface area (Å²) in [5.41, 5.74) is 7.33. The second kappa shape index (κ2) is 3.77. The first-order chi connectivity index (χ1) is 7.41. The summed E-state index contributed by atoms with van der Waals surface area (Å²) in [6, 6.07) is -0.0537. The number of hydrogen-bond donors (Lipinski definition) is 2. The van der Waals surface area contributed by atoms with Crippen LogP contribution in [-0.2, 0) is 4.79 Å². The molecule has 0 saturated carbocycles. The molecule has 2 heterocycles. The first-order valence-electron chi connectivity index (χ1n) is 5.94. The SMILES string of the molecule is CC(C)(C)C(N)C1=C2NCCCN2C(=O)C1. The summed E-state index contributed by atoms with van der Waals surface area (Å²) in [7, 11) is 0. The molecule has 16 heavy (non-hydrogen) atoms. The Morgan fingerprint density at radius 2 is 2.12 bits per heavy atom. The quantitative estimate of drug-likeness (QED) is 0.691. The van der Waals surface area contributed by atoms with E-state index in [0.717, 1.165) is 30.9 Å². The Morgan fingerprint density at radius 3 is 2.75 bits per heavy atom. The van der Waals surface area contributed by atoms with Gasteiger partial charge in [-0.2, -0.15) is 0 Å². The minimum Gasteiger partial charge on any atom is -0.371 e. The van der Waals surface area contributed by atoms with Gasteiger partial charge in [0.2, 0.25) is 5.91 Å². The molecule has 1 fully saturated rings. The Balaban J connectivity index is 2.29. The fourth-order valence-electron chi connectivity index (χ4n) is 2.31. The summed E-state index contributed by atoms with van der Waals surface area (Å²) in [4.78, 5) is 13.7. The van der Waals surface area contributed by atoms with Crippen molar-refractivity contribution in [3.63, 3.8) is 0 Å². The van der Waals surface area contributed by atoms with Crippen LogP contribution >= 0.6 is 0 Å². The number of hydrogen-bond acceptors (Lipinski definition) is 3. The summed E-state index contributed by atoms with van der Waals surface area (Å²) in [5.74, 6) is 1.18. The fourth-order valence-corrected chi connectivity index (χ4v) is 2.31. The number of carbonyl (C=O) groups is 1. The molecule has 4 nitrogen and oxygen atoms in total. The molecule has 2 aliphatic rings. The smallest absolute Gasteiger partial charge is 0.232 e. The second-order valence-electron chi connectivity index (χ2n) is 5.72. The molecule has 1 atom stereocenters. The van der Waals surface area contributed by atoms with Crippen LogP contribution in [0, 0.1) is 5.41 Å². The van der Waals surface area contributed by atoms with Gasteiger partial charge in [-0.05, 0) is 17.4 Å². The molecular formula is C12H21N3O. The maximum absolute atomic E-state index is 11.8. The van der Waals surface area contributed by atoms with Crippen LogP contribution in [0.2, 0.25) is 0 Å². The van der Waals surface area contributed by atoms with Crippen molar-refractivity contribution < 1.29 is 4.79 Å². The van der Waals surface area contributed by atoms with Crippen LogP contribution in [0.15, 0.2) is 11.4 Å². The van der Waals surface area contributed by atoms with Crippen LogP contribution in [0.5, 0.6) is 0 Å². The molecule has 0 aromatic heterocycles. The lowest BCUT2D eigenvalue weighted by atomic mass is 9.82. The number of fused-ring (bicyclic) bond motifs is 1. The van der Waals surface area contributed by atoms with Crippen LogP contribution in [-0.4, -0.2) is 29.9 Å². The topological polar surface area (TPSA) is 58.4 Å². The van der Waals surface area contributed by atoms with Crippen molar-refractivity contribution >= 4 is 5.91 Å². The van der Waals surface area contributed by atoms with E-state index in [0.29, 0.717) is 6.42 Å². The summed E-state index contributed by atoms with van der Waals surface area (Å²) in [5, 5.41) is 3.32. The number of nitrogens with zero attached hydrogens (tertiary/aromatic N) is 1. The average Bonchev–Trinajstić information content (AvgIpc) is 2.55. The monoisotopic (exact) mass is 223 g/mol. The van der Waals surface area contributed by atoms with E-state index >= 15 is 0 Å². The molecule has 0 aliphatic carbocycles. The number of carbonyl (C=O) groups excluding carboxylic acids is 1. The van der Waals surface area contributed by atoms with Gasteiger partial charge in [-0.3, -0.25) is 9.69 Å². The summed E-state index contributed by atoms with van der Waals surface area (Å²) < 4.78 is 0. The van der Waals surface area contributed by atoms with E-state index in [4.69, 9.17) is 5.73 Å². The molecule has 0 aromatic carbocycles. The molecule has 0 bridgehead atoms. The van der Waals surface area contributed by atoms with Gasteiger partial charge in [0.1, 0.15) is 5.82 Å². The third kappa shape index (κ3) is 1.82. The van der Waals surface area contributed by atoms with E-state index in [1.165, 1.54) is 0 Å². The Morgan fingerprint density at radius 1 is 1.44 bits per heavy atom. The van der Waals surface area contributed by atoms with Gasteiger partial charge < -0.3 is 11.1 Å². The van der Waals surface area contributed by atoms with E-state index < -0.39 is 0 Å². The summed E-state index contributed by atoms with van der Waals surface area (Å²) >= 11 is 0. The highest BCUT2D eigenvalue weighted by molar-refractivity contribution is 5.84. The fraction of sp³-hybridized carbons (Fsp3) is 0.750. The van der Waals surface area contributed by atoms with Gasteiger partial charge in [0.25, 0.3) is 0 Å². The molecule has 2 aliphatic heterocycles. The van der Waals surface area contributed by atoms with Crippen LogP contribution in [0.25, 0.3) is 0 Å². The molecule has 1 amide bonds. The van der Waals surface area contributed by atoms with E-state index in [9.17, 15) is 4.79 Å². The highest BCUT2D eigenvalue weighted by Crippen LogP contribution is 2.33. The van der Waals surface area contributed by atoms with Crippen LogP contribution in [0.1, 0.15) is 33.6 Å². The number of nitrogens with two attached hydrogens (primary N) is 1. The number of rotatable bonds is 1. The van der Waals surface area contributed by atoms with Gasteiger partial charge in [-0.25, -0.2) is 0 Å². The van der Waals surface area contributed by atoms with Crippen molar-refractivity contribution in [1.82, 2.24) is 10.2 Å². The largest absolute Gasteiger partial charge is 0.371 e. The second-order valence-corrected chi connectivity index (χ2v) is 5.72. The third-order valence-corrected chi connectivity index (χ3v) is 3.38. The first kappa shape index (κ1) is 11.5. The molecule has 3 N–H and O–H groups in total. The van der Waals surface area contributed by atoms with Crippen molar-refractivity contribution in [3.05, 3.63) is 11.4 Å². The van der Waals surface area contributed by atoms with E-state index in [2.05, 4.69) is 26.1 Å². The molecule has 0 aromatic rings. The van der Waals surface area contributed by atoms with E-state index in [-0.39, 0.29) is 17.4 Å². The zero-order valence-corrected chi connectivity index (χ0v) is 10.3. The van der Waals surface area contributed by atoms with Gasteiger partial charge in [0.05, 0.1) is 6.42 Å². The van der Waals surface area contributed by atoms with Gasteiger partial charge in [-0.1, -0.05) is 20.8 Å². The predicted molar refractivity (Wildman–Crippen MR) is 63.4 cm³/mol. The van der Waals surface area contributed by atoms with Crippen molar-refractivity contribution in [2.24, 2.45) is 11.1 Å². The Bertz CT molecular complexity index is 341. The first-order valence-corrected chi connectivity index (χ1v) is 5.94. The lowest BCUT2D eigenvalue weighted by Gasteiger charge is -2.31. The molecule has 0 spiro atoms. The van der Waals surface area contributed by atoms with Gasteiger partial charge in [0.15, 0.2) is 0 Å². The molecule has 4 heteroatoms. The van der Waals surface area contributed by atoms with Crippen LogP contribution < -0.4 is 11.1 Å². The Kier molecular flexibility index (Phi) is 2.70. The molecule has 90 valence electrons. The number of amides is 1. The van der Waals surface area contributed by atoms with Crippen molar-refractivity contribution in [1.29, 1.82) is 0 Å². The maximum Gasteiger partial charge on any atom is 0.232 e. The lowest BCUT2D eigenvalue weighted by molar-refractivity contribution is -0.127. The van der Waals surface area contributed by atoms with Crippen molar-refractivity contribution in [3.8, 4) is 0 Å². The van der Waals surface area contributed by atoms with Gasteiger partial charge >= 0.3 is 0 Å². The minimum atomic E-state index is -0.0537. The molecular weight excluding hydrogens is 202 g/mol. The zero-order chi connectivity index (χ0) is 11.9. The highest BCUT2D eigenvalue weighted by Gasteiger charge is 2.37. The molecule has 1 saturated heterocycles. The van der Waals surface area contributed by atoms with Crippen LogP contribution in [0.4, 0.5) is 0 Å². The number of nitrogens with one attached hydrogen (secondary N) is 1. The minimum absolute atomic E-state index is 0.00223. The lowest BCUT2D eigenvalue weighted by Crippen LogP contribution is -2.42. The summed E-state index contributed by atoms with van der Waals surface area (Å²) in [6.45, 7) is 8.12. The summed E-state index contributed by atoms with van der Waals surface area (Å²) in [6.07, 6.45) is 1.51. The third-order valence-electron chi connectivity index (χ3n) is 3.38. The zero-order valence-electron chi connectivity index (χ0n) is 10.3. The Hall–Kier alpha value is -1.03. The van der Waals surface area contributed by atoms with E-state index in [1.54, 1.807) is 0 Å². The maximum atomic E-state index is 11.8. The van der Waals surface area contributed by atoms with Gasteiger partial charge in [-0.15, -0.1) is 0 Å². The molecule has 1 unspecified atom stereocenters. The molecule has 0 radical (unpaired) electrons. The van der Waals surface area contributed by atoms with Crippen molar-refractivity contribution in [2.45, 2.75) is 39.7 Å². The van der Waals surface area contributed by atoms with Gasteiger partial charge in [0, 0.05) is 19.1 Å². The normalized spacial score (nSPS) is 23.2. The average molecular weight is 223 g/mol. The van der Waals surface area contributed by atoms with Crippen molar-refractivity contribution in [2.75, 3.05) is 13.1 Å². The molecule has 2 rings (SSSR count). The highest BCUT2D eigenvalue weighted by atomic mass is 16.2. The standard InChI is InChI=1S/C12H21N3O/c1-12(2,3)10(13)8-7-9(16)15-6-4-5-14-11(8)15/h10,14H,4-7,13H2,1-3H3. The Labute approximate surface area is 96.9 Å².